The Bertz CT molecular complexity index is 1110. The van der Waals surface area contributed by atoms with Gasteiger partial charge in [-0.3, -0.25) is 14.2 Å². The highest BCUT2D eigenvalue weighted by molar-refractivity contribution is 7.93. The van der Waals surface area contributed by atoms with Gasteiger partial charge in [0.05, 0.1) is 24.0 Å². The molecule has 1 aliphatic carbocycles. The number of benzene rings is 1. The lowest BCUT2D eigenvalue weighted by atomic mass is 10.2. The number of anilines is 1. The number of amides is 1. The Kier molecular flexibility index (Phi) is 3.55. The number of hydrogen-bond donors (Lipinski definition) is 2. The Morgan fingerprint density at radius 3 is 2.78 bits per heavy atom. The third kappa shape index (κ3) is 2.97. The van der Waals surface area contributed by atoms with Crippen molar-refractivity contribution in [2.45, 2.75) is 31.2 Å². The average Bonchev–Trinajstić information content (AvgIpc) is 3.31. The molecule has 3 heterocycles. The Morgan fingerprint density at radius 1 is 1.19 bits per heavy atom. The van der Waals surface area contributed by atoms with E-state index in [1.165, 1.54) is 0 Å². The molecule has 2 N–H and O–H groups in total. The average molecular weight is 385 g/mol. The summed E-state index contributed by atoms with van der Waals surface area (Å²) in [5, 5.41) is 5.03. The Morgan fingerprint density at radius 2 is 2.00 bits per heavy atom. The van der Waals surface area contributed by atoms with Gasteiger partial charge in [0.1, 0.15) is 5.69 Å². The fraction of sp³-hybridized carbons (Fsp3) is 0.333. The molecule has 1 aliphatic heterocycles. The lowest BCUT2D eigenvalue weighted by Gasteiger charge is -2.27. The van der Waals surface area contributed by atoms with Crippen molar-refractivity contribution in [3.8, 4) is 0 Å². The SMILES string of the molecule is O=C(c1cc2ccccc2[nH]1)N1CCn2nc(NS(=O)(=O)C3CC3)cc2C1. The summed E-state index contributed by atoms with van der Waals surface area (Å²) in [7, 11) is -3.34. The van der Waals surface area contributed by atoms with E-state index in [1.54, 1.807) is 15.6 Å². The first-order valence-corrected chi connectivity index (χ1v) is 10.5. The summed E-state index contributed by atoms with van der Waals surface area (Å²) < 4.78 is 28.5. The summed E-state index contributed by atoms with van der Waals surface area (Å²) in [5.74, 6) is 0.260. The molecule has 1 fully saturated rings. The Hall–Kier alpha value is -2.81. The first kappa shape index (κ1) is 16.4. The van der Waals surface area contributed by atoms with Gasteiger partial charge in [0.15, 0.2) is 5.82 Å². The monoisotopic (exact) mass is 385 g/mol. The highest BCUT2D eigenvalue weighted by atomic mass is 32.2. The number of hydrogen-bond acceptors (Lipinski definition) is 4. The maximum Gasteiger partial charge on any atom is 0.270 e. The molecule has 0 spiro atoms. The fourth-order valence-electron chi connectivity index (χ4n) is 3.46. The largest absolute Gasteiger partial charge is 0.351 e. The molecule has 1 amide bonds. The third-order valence-corrected chi connectivity index (χ3v) is 6.90. The molecule has 9 heteroatoms. The van der Waals surface area contributed by atoms with Crippen molar-refractivity contribution < 1.29 is 13.2 Å². The van der Waals surface area contributed by atoms with Crippen LogP contribution >= 0.6 is 0 Å². The zero-order valence-electron chi connectivity index (χ0n) is 14.6. The van der Waals surface area contributed by atoms with Gasteiger partial charge in [0.25, 0.3) is 5.91 Å². The number of para-hydroxylation sites is 1. The second-order valence-corrected chi connectivity index (χ2v) is 9.05. The molecule has 140 valence electrons. The predicted molar refractivity (Wildman–Crippen MR) is 101 cm³/mol. The maximum atomic E-state index is 12.9. The molecule has 0 bridgehead atoms. The van der Waals surface area contributed by atoms with Crippen molar-refractivity contribution >= 4 is 32.7 Å². The number of carbonyl (C=O) groups is 1. The van der Waals surface area contributed by atoms with Gasteiger partial charge in [0.2, 0.25) is 10.0 Å². The highest BCUT2D eigenvalue weighted by Gasteiger charge is 2.36. The van der Waals surface area contributed by atoms with Gasteiger partial charge in [-0.15, -0.1) is 0 Å². The van der Waals surface area contributed by atoms with Crippen LogP contribution in [0, 0.1) is 0 Å². The fourth-order valence-corrected chi connectivity index (χ4v) is 4.77. The van der Waals surface area contributed by atoms with Crippen molar-refractivity contribution in [2.24, 2.45) is 0 Å². The minimum atomic E-state index is -3.34. The van der Waals surface area contributed by atoms with E-state index in [-0.39, 0.29) is 11.2 Å². The zero-order chi connectivity index (χ0) is 18.6. The lowest BCUT2D eigenvalue weighted by molar-refractivity contribution is 0.0701. The van der Waals surface area contributed by atoms with Gasteiger partial charge in [-0.05, 0) is 25.0 Å². The van der Waals surface area contributed by atoms with Crippen molar-refractivity contribution in [3.63, 3.8) is 0 Å². The van der Waals surface area contributed by atoms with Crippen LogP contribution in [0.25, 0.3) is 10.9 Å². The summed E-state index contributed by atoms with van der Waals surface area (Å²) in [6.07, 6.45) is 1.41. The molecule has 0 unspecified atom stereocenters. The molecular formula is C18H19N5O3S. The lowest BCUT2D eigenvalue weighted by Crippen LogP contribution is -2.38. The molecule has 0 atom stereocenters. The first-order chi connectivity index (χ1) is 13.0. The van der Waals surface area contributed by atoms with Crippen LogP contribution in [0.3, 0.4) is 0 Å². The standard InChI is InChI=1S/C18H19N5O3S/c24-18(16-9-12-3-1-2-4-15(12)19-16)22-7-8-23-13(11-22)10-17(20-23)21-27(25,26)14-5-6-14/h1-4,9-10,14,19H,5-8,11H2,(H,20,21). The molecule has 1 aromatic carbocycles. The van der Waals surface area contributed by atoms with E-state index < -0.39 is 10.0 Å². The summed E-state index contributed by atoms with van der Waals surface area (Å²) in [5.41, 5.74) is 2.30. The van der Waals surface area contributed by atoms with E-state index in [4.69, 9.17) is 0 Å². The van der Waals surface area contributed by atoms with Crippen LogP contribution in [0.5, 0.6) is 0 Å². The van der Waals surface area contributed by atoms with Crippen molar-refractivity contribution in [3.05, 3.63) is 47.8 Å². The Labute approximate surface area is 156 Å². The summed E-state index contributed by atoms with van der Waals surface area (Å²) in [6, 6.07) is 11.3. The number of aromatic nitrogens is 3. The Balaban J connectivity index is 1.35. The molecule has 5 rings (SSSR count). The molecule has 2 aliphatic rings. The molecule has 27 heavy (non-hydrogen) atoms. The normalized spacial score (nSPS) is 17.1. The zero-order valence-corrected chi connectivity index (χ0v) is 15.4. The number of rotatable bonds is 4. The van der Waals surface area contributed by atoms with Crippen LogP contribution in [0.1, 0.15) is 29.0 Å². The van der Waals surface area contributed by atoms with Gasteiger partial charge < -0.3 is 9.88 Å². The van der Waals surface area contributed by atoms with Crippen LogP contribution in [0.2, 0.25) is 0 Å². The number of carbonyl (C=O) groups excluding carboxylic acids is 1. The maximum absolute atomic E-state index is 12.9. The van der Waals surface area contributed by atoms with Gasteiger partial charge >= 0.3 is 0 Å². The number of sulfonamides is 1. The number of aromatic amines is 1. The molecule has 8 nitrogen and oxygen atoms in total. The van der Waals surface area contributed by atoms with E-state index in [9.17, 15) is 13.2 Å². The molecule has 2 aromatic heterocycles. The van der Waals surface area contributed by atoms with Crippen LogP contribution in [-0.4, -0.2) is 45.8 Å². The number of nitrogens with zero attached hydrogens (tertiary/aromatic N) is 3. The predicted octanol–water partition coefficient (Wildman–Crippen LogP) is 1.92. The molecule has 0 radical (unpaired) electrons. The summed E-state index contributed by atoms with van der Waals surface area (Å²) >= 11 is 0. The smallest absolute Gasteiger partial charge is 0.270 e. The molecular weight excluding hydrogens is 366 g/mol. The summed E-state index contributed by atoms with van der Waals surface area (Å²) in [4.78, 5) is 17.8. The van der Waals surface area contributed by atoms with E-state index >= 15 is 0 Å². The van der Waals surface area contributed by atoms with Crippen LogP contribution in [0.4, 0.5) is 5.82 Å². The number of H-pyrrole nitrogens is 1. The van der Waals surface area contributed by atoms with Crippen molar-refractivity contribution in [1.29, 1.82) is 0 Å². The van der Waals surface area contributed by atoms with Gasteiger partial charge in [0, 0.05) is 23.5 Å². The second kappa shape index (κ2) is 5.85. The van der Waals surface area contributed by atoms with Gasteiger partial charge in [-0.2, -0.15) is 5.10 Å². The van der Waals surface area contributed by atoms with Gasteiger partial charge in [-0.1, -0.05) is 18.2 Å². The second-order valence-electron chi connectivity index (χ2n) is 7.09. The first-order valence-electron chi connectivity index (χ1n) is 8.95. The third-order valence-electron chi connectivity index (χ3n) is 5.06. The minimum Gasteiger partial charge on any atom is -0.351 e. The van der Waals surface area contributed by atoms with E-state index in [1.807, 2.05) is 30.3 Å². The van der Waals surface area contributed by atoms with E-state index in [0.29, 0.717) is 44.0 Å². The van der Waals surface area contributed by atoms with Crippen molar-refractivity contribution in [2.75, 3.05) is 11.3 Å². The van der Waals surface area contributed by atoms with Crippen LogP contribution < -0.4 is 4.72 Å². The minimum absolute atomic E-state index is 0.0706. The molecule has 0 saturated heterocycles. The van der Waals surface area contributed by atoms with E-state index in [2.05, 4.69) is 14.8 Å². The van der Waals surface area contributed by atoms with Crippen LogP contribution in [0.15, 0.2) is 36.4 Å². The number of fused-ring (bicyclic) bond motifs is 2. The van der Waals surface area contributed by atoms with Crippen molar-refractivity contribution in [1.82, 2.24) is 19.7 Å². The molecule has 3 aromatic rings. The summed E-state index contributed by atoms with van der Waals surface area (Å²) in [6.45, 7) is 1.45. The topological polar surface area (TPSA) is 100 Å². The number of nitrogens with one attached hydrogen (secondary N) is 2. The van der Waals surface area contributed by atoms with Crippen LogP contribution in [-0.2, 0) is 23.1 Å². The van der Waals surface area contributed by atoms with Gasteiger partial charge in [-0.25, -0.2) is 8.42 Å². The quantitative estimate of drug-likeness (QED) is 0.717. The molecule has 1 saturated carbocycles. The highest BCUT2D eigenvalue weighted by Crippen LogP contribution is 2.30. The van der Waals surface area contributed by atoms with E-state index in [0.717, 1.165) is 16.6 Å².